The minimum absolute atomic E-state index is 0.0109. The van der Waals surface area contributed by atoms with Gasteiger partial charge in [0.15, 0.2) is 0 Å². The lowest BCUT2D eigenvalue weighted by atomic mass is 10.1. The van der Waals surface area contributed by atoms with E-state index in [0.717, 1.165) is 51.8 Å². The van der Waals surface area contributed by atoms with E-state index < -0.39 is 43.4 Å². The van der Waals surface area contributed by atoms with Crippen LogP contribution in [0, 0.1) is 13.8 Å². The van der Waals surface area contributed by atoms with E-state index in [2.05, 4.69) is 0 Å². The molecule has 4 aromatic rings. The third-order valence-corrected chi connectivity index (χ3v) is 14.5. The molecule has 0 aliphatic rings. The number of nitrogens with zero attached hydrogens (tertiary/aromatic N) is 4. The van der Waals surface area contributed by atoms with Crippen molar-refractivity contribution in [2.75, 3.05) is 39.3 Å². The summed E-state index contributed by atoms with van der Waals surface area (Å²) in [5, 5.41) is 0. The van der Waals surface area contributed by atoms with Crippen molar-refractivity contribution < 1.29 is 45.5 Å². The molecule has 4 aromatic carbocycles. The van der Waals surface area contributed by atoms with Gasteiger partial charge in [-0.05, 0) is 142 Å². The summed E-state index contributed by atoms with van der Waals surface area (Å²) >= 11 is 0. The fraction of sp³-hybridized carbons (Fsp3) is 0.472. The first kappa shape index (κ1) is 55.9. The summed E-state index contributed by atoms with van der Waals surface area (Å²) in [5.41, 5.74) is 1.02. The summed E-state index contributed by atoms with van der Waals surface area (Å²) in [6, 6.07) is 30.6. The third kappa shape index (κ3) is 17.9. The largest absolute Gasteiger partial charge is 0.443 e. The van der Waals surface area contributed by atoms with Crippen LogP contribution in [0.25, 0.3) is 0 Å². The van der Waals surface area contributed by atoms with Gasteiger partial charge >= 0.3 is 12.2 Å². The molecule has 0 aromatic heterocycles. The molecule has 0 spiro atoms. The number of carbonyl (C=O) groups is 4. The molecular weight excluding hydrogens is 917 g/mol. The average Bonchev–Trinajstić information content (AvgIpc) is 3.28. The summed E-state index contributed by atoms with van der Waals surface area (Å²) in [5.74, 6) is -0.271. The van der Waals surface area contributed by atoms with Crippen LogP contribution in [-0.4, -0.2) is 110 Å². The molecule has 4 amide bonds. The van der Waals surface area contributed by atoms with Gasteiger partial charge in [-0.1, -0.05) is 91.1 Å². The highest BCUT2D eigenvalue weighted by Gasteiger charge is 2.34. The zero-order valence-corrected chi connectivity index (χ0v) is 43.3. The summed E-state index contributed by atoms with van der Waals surface area (Å²) < 4.78 is 67.4. The number of amides is 4. The lowest BCUT2D eigenvalue weighted by Gasteiger charge is -2.28. The second kappa shape index (κ2) is 25.7. The van der Waals surface area contributed by atoms with Crippen LogP contribution in [-0.2, 0) is 29.5 Å². The number of sulfonamides is 2. The highest BCUT2D eigenvalue weighted by molar-refractivity contribution is 7.90. The smallest absolute Gasteiger partial charge is 0.424 e. The van der Waals surface area contributed by atoms with Crippen molar-refractivity contribution in [1.82, 2.24) is 18.4 Å². The zero-order chi connectivity index (χ0) is 50.8. The first-order chi connectivity index (χ1) is 32.5. The second-order valence-electron chi connectivity index (χ2n) is 19.2. The van der Waals surface area contributed by atoms with E-state index in [9.17, 15) is 36.0 Å². The van der Waals surface area contributed by atoms with E-state index in [1.54, 1.807) is 99.9 Å². The highest BCUT2D eigenvalue weighted by Crippen LogP contribution is 2.23. The molecule has 0 radical (unpaired) electrons. The summed E-state index contributed by atoms with van der Waals surface area (Å²) in [6.07, 6.45) is 3.50. The fourth-order valence-electron chi connectivity index (χ4n) is 7.33. The normalized spacial score (nSPS) is 11.9. The number of unbranched alkanes of at least 4 members (excludes halogenated alkanes) is 6. The minimum Gasteiger partial charge on any atom is -0.443 e. The van der Waals surface area contributed by atoms with Crippen LogP contribution in [0.5, 0.6) is 0 Å². The van der Waals surface area contributed by atoms with Gasteiger partial charge in [-0.2, -0.15) is 0 Å². The van der Waals surface area contributed by atoms with E-state index in [0.29, 0.717) is 63.0 Å². The van der Waals surface area contributed by atoms with Crippen molar-refractivity contribution in [3.8, 4) is 0 Å². The molecule has 16 heteroatoms. The predicted molar refractivity (Wildman–Crippen MR) is 269 cm³/mol. The standard InChI is InChI=1S/C53H72N4O10S2/c1-42-28-32-46(33-29-42)68(62,63)56(50(60)66-52(3,4)5)40-22-20-38-54(48(58)44-24-14-12-15-25-44)36-18-10-9-11-19-37-55(49(59)45-26-16-13-17-27-45)39-21-23-41-57(51(61)67-53(6,7)8)69(64,65)47-34-30-43(2)31-35-47/h12-17,24-35H,9-11,18-23,36-41H2,1-8H3. The van der Waals surface area contributed by atoms with Crippen molar-refractivity contribution in [2.45, 2.75) is 134 Å². The number of rotatable bonds is 24. The maximum absolute atomic E-state index is 13.7. The Kier molecular flexibility index (Phi) is 20.8. The first-order valence-electron chi connectivity index (χ1n) is 23.8. The van der Waals surface area contributed by atoms with Gasteiger partial charge in [-0.25, -0.2) is 35.0 Å². The van der Waals surface area contributed by atoms with Crippen molar-refractivity contribution >= 4 is 44.0 Å². The predicted octanol–water partition coefficient (Wildman–Crippen LogP) is 10.7. The number of carbonyl (C=O) groups excluding carboxylic acids is 4. The molecule has 0 aliphatic heterocycles. The Bertz CT molecular complexity index is 2310. The Morgan fingerprint density at radius 1 is 0.406 bits per heavy atom. The number of aryl methyl sites for hydroxylation is 2. The third-order valence-electron chi connectivity index (χ3n) is 11.0. The Labute approximate surface area is 411 Å². The molecular formula is C53H72N4O10S2. The maximum atomic E-state index is 13.7. The number of benzene rings is 4. The molecule has 376 valence electrons. The lowest BCUT2D eigenvalue weighted by Crippen LogP contribution is -2.41. The van der Waals surface area contributed by atoms with E-state index >= 15 is 0 Å². The number of ether oxygens (including phenoxy) is 2. The average molecular weight is 989 g/mol. The molecule has 14 nitrogen and oxygen atoms in total. The molecule has 0 saturated carbocycles. The molecule has 0 bridgehead atoms. The van der Waals surface area contributed by atoms with Gasteiger partial charge in [0.1, 0.15) is 11.2 Å². The van der Waals surface area contributed by atoms with E-state index in [-0.39, 0.29) is 34.7 Å². The molecule has 0 aliphatic carbocycles. The van der Waals surface area contributed by atoms with Crippen LogP contribution < -0.4 is 0 Å². The van der Waals surface area contributed by atoms with Crippen LogP contribution in [0.4, 0.5) is 9.59 Å². The molecule has 0 atom stereocenters. The molecule has 0 fully saturated rings. The molecule has 0 N–H and O–H groups in total. The Morgan fingerprint density at radius 3 is 0.986 bits per heavy atom. The Morgan fingerprint density at radius 2 is 0.681 bits per heavy atom. The maximum Gasteiger partial charge on any atom is 0.424 e. The molecule has 0 heterocycles. The number of hydrogen-bond donors (Lipinski definition) is 0. The number of hydrogen-bond acceptors (Lipinski definition) is 10. The summed E-state index contributed by atoms with van der Waals surface area (Å²) in [7, 11) is -8.42. The van der Waals surface area contributed by atoms with Gasteiger partial charge in [-0.15, -0.1) is 0 Å². The van der Waals surface area contributed by atoms with E-state index in [1.807, 2.05) is 50.2 Å². The SMILES string of the molecule is Cc1ccc(S(=O)(=O)N(CCCCN(CCCCCCCN(CCCCN(C(=O)OC(C)(C)C)S(=O)(=O)c2ccc(C)cc2)C(=O)c2ccccc2)C(=O)c2ccccc2)C(=O)OC(C)(C)C)cc1. The zero-order valence-electron chi connectivity index (χ0n) is 41.7. The second-order valence-corrected chi connectivity index (χ2v) is 23.0. The topological polar surface area (TPSA) is 168 Å². The lowest BCUT2D eigenvalue weighted by molar-refractivity contribution is 0.0375. The van der Waals surface area contributed by atoms with E-state index in [4.69, 9.17) is 9.47 Å². The Balaban J connectivity index is 1.34. The van der Waals surface area contributed by atoms with E-state index in [1.165, 1.54) is 24.3 Å². The molecule has 0 unspecified atom stereocenters. The minimum atomic E-state index is -4.21. The van der Waals surface area contributed by atoms with Crippen molar-refractivity contribution in [2.24, 2.45) is 0 Å². The van der Waals surface area contributed by atoms with Crippen LogP contribution >= 0.6 is 0 Å². The monoisotopic (exact) mass is 988 g/mol. The van der Waals surface area contributed by atoms with Crippen LogP contribution in [0.1, 0.15) is 131 Å². The molecule has 0 saturated heterocycles. The summed E-state index contributed by atoms with van der Waals surface area (Å²) in [4.78, 5) is 57.6. The van der Waals surface area contributed by atoms with Crippen LogP contribution in [0.3, 0.4) is 0 Å². The molecule has 4 rings (SSSR count). The van der Waals surface area contributed by atoms with Gasteiger partial charge in [0.2, 0.25) is 0 Å². The van der Waals surface area contributed by atoms with Gasteiger partial charge in [-0.3, -0.25) is 9.59 Å². The van der Waals surface area contributed by atoms with Crippen LogP contribution in [0.15, 0.2) is 119 Å². The quantitative estimate of drug-likeness (QED) is 0.0616. The van der Waals surface area contributed by atoms with Crippen molar-refractivity contribution in [1.29, 1.82) is 0 Å². The molecule has 69 heavy (non-hydrogen) atoms. The van der Waals surface area contributed by atoms with Crippen LogP contribution in [0.2, 0.25) is 0 Å². The van der Waals surface area contributed by atoms with Gasteiger partial charge in [0, 0.05) is 50.4 Å². The van der Waals surface area contributed by atoms with Crippen molar-refractivity contribution in [3.63, 3.8) is 0 Å². The highest BCUT2D eigenvalue weighted by atomic mass is 32.2. The first-order valence-corrected chi connectivity index (χ1v) is 26.7. The van der Waals surface area contributed by atoms with Gasteiger partial charge in [0.25, 0.3) is 31.9 Å². The van der Waals surface area contributed by atoms with Gasteiger partial charge < -0.3 is 19.3 Å². The van der Waals surface area contributed by atoms with Gasteiger partial charge in [0.05, 0.1) is 9.79 Å². The van der Waals surface area contributed by atoms with Crippen molar-refractivity contribution in [3.05, 3.63) is 131 Å². The Hall–Kier alpha value is -5.74. The fourth-order valence-corrected chi connectivity index (χ4v) is 10.0. The summed E-state index contributed by atoms with van der Waals surface area (Å²) in [6.45, 7) is 15.2.